The number of halogens is 1. The van der Waals surface area contributed by atoms with Gasteiger partial charge in [0.1, 0.15) is 16.3 Å². The van der Waals surface area contributed by atoms with E-state index in [0.717, 1.165) is 39.0 Å². The fourth-order valence-corrected chi connectivity index (χ4v) is 4.45. The largest absolute Gasteiger partial charge is 0.370 e. The molecule has 0 N–H and O–H groups in total. The van der Waals surface area contributed by atoms with Crippen molar-refractivity contribution in [3.63, 3.8) is 0 Å². The van der Waals surface area contributed by atoms with Crippen molar-refractivity contribution in [3.8, 4) is 0 Å². The lowest BCUT2D eigenvalue weighted by Gasteiger charge is -2.33. The summed E-state index contributed by atoms with van der Waals surface area (Å²) in [7, 11) is 0. The molecule has 0 radical (unpaired) electrons. The van der Waals surface area contributed by atoms with Crippen LogP contribution in [-0.2, 0) is 24.2 Å². The highest BCUT2D eigenvalue weighted by molar-refractivity contribution is 7.26. The lowest BCUT2D eigenvalue weighted by Crippen LogP contribution is -2.32. The van der Waals surface area contributed by atoms with Crippen molar-refractivity contribution in [3.05, 3.63) is 28.3 Å². The van der Waals surface area contributed by atoms with Gasteiger partial charge in [-0.1, -0.05) is 18.5 Å². The topological polar surface area (TPSA) is 47.9 Å². The maximum Gasteiger partial charge on any atom is 0.150 e. The molecular weight excluding hydrogens is 318 g/mol. The van der Waals surface area contributed by atoms with Crippen LogP contribution in [-0.4, -0.2) is 20.6 Å². The predicted molar refractivity (Wildman–Crippen MR) is 89.7 cm³/mol. The van der Waals surface area contributed by atoms with E-state index < -0.39 is 0 Å². The SMILES string of the molecule is CCc1nc2sc3c(Cl)ncnc3c2c2c1COC(C)(C)C2. The summed E-state index contributed by atoms with van der Waals surface area (Å²) in [5.74, 6) is 0. The van der Waals surface area contributed by atoms with Crippen LogP contribution in [0.25, 0.3) is 20.4 Å². The molecule has 0 bridgehead atoms. The van der Waals surface area contributed by atoms with Crippen LogP contribution in [0.3, 0.4) is 0 Å². The minimum Gasteiger partial charge on any atom is -0.370 e. The average molecular weight is 334 g/mol. The van der Waals surface area contributed by atoms with Crippen molar-refractivity contribution in [2.45, 2.75) is 45.8 Å². The summed E-state index contributed by atoms with van der Waals surface area (Å²) in [5, 5.41) is 1.64. The Morgan fingerprint density at radius 1 is 1.32 bits per heavy atom. The Bertz CT molecular complexity index is 903. The van der Waals surface area contributed by atoms with Crippen LogP contribution in [0.5, 0.6) is 0 Å². The number of hydrogen-bond acceptors (Lipinski definition) is 5. The van der Waals surface area contributed by atoms with Crippen molar-refractivity contribution in [1.82, 2.24) is 15.0 Å². The molecule has 1 aliphatic rings. The van der Waals surface area contributed by atoms with Gasteiger partial charge in [0.15, 0.2) is 0 Å². The van der Waals surface area contributed by atoms with Crippen LogP contribution in [0.4, 0.5) is 0 Å². The van der Waals surface area contributed by atoms with Gasteiger partial charge in [0.2, 0.25) is 0 Å². The first-order chi connectivity index (χ1) is 10.5. The molecule has 1 aliphatic heterocycles. The summed E-state index contributed by atoms with van der Waals surface area (Å²) in [6.07, 6.45) is 3.29. The molecule has 6 heteroatoms. The van der Waals surface area contributed by atoms with Crippen molar-refractivity contribution in [2.75, 3.05) is 0 Å². The van der Waals surface area contributed by atoms with Gasteiger partial charge in [0.25, 0.3) is 0 Å². The van der Waals surface area contributed by atoms with Crippen molar-refractivity contribution in [2.24, 2.45) is 0 Å². The van der Waals surface area contributed by atoms with E-state index in [1.54, 1.807) is 11.3 Å². The first kappa shape index (κ1) is 14.3. The summed E-state index contributed by atoms with van der Waals surface area (Å²) in [5.41, 5.74) is 4.41. The lowest BCUT2D eigenvalue weighted by molar-refractivity contribution is -0.0401. The first-order valence-corrected chi connectivity index (χ1v) is 8.57. The van der Waals surface area contributed by atoms with E-state index in [2.05, 4.69) is 30.7 Å². The number of hydrogen-bond donors (Lipinski definition) is 0. The van der Waals surface area contributed by atoms with Gasteiger partial charge < -0.3 is 4.74 Å². The standard InChI is InChI=1S/C16H16ClN3OS/c1-4-10-9-6-21-16(2,3)5-8(9)11-12-13(22-15(11)20-10)14(17)19-7-18-12/h7H,4-6H2,1-3H3. The Morgan fingerprint density at radius 3 is 2.91 bits per heavy atom. The van der Waals surface area contributed by atoms with Gasteiger partial charge in [-0.15, -0.1) is 11.3 Å². The molecule has 0 spiro atoms. The van der Waals surface area contributed by atoms with Crippen LogP contribution in [0.15, 0.2) is 6.33 Å². The van der Waals surface area contributed by atoms with Crippen LogP contribution in [0, 0.1) is 0 Å². The maximum atomic E-state index is 6.25. The Balaban J connectivity index is 2.15. The lowest BCUT2D eigenvalue weighted by atomic mass is 9.89. The highest BCUT2D eigenvalue weighted by Crippen LogP contribution is 2.41. The summed E-state index contributed by atoms with van der Waals surface area (Å²) >= 11 is 7.83. The van der Waals surface area contributed by atoms with E-state index in [1.807, 2.05) is 0 Å². The molecule has 4 nitrogen and oxygen atoms in total. The van der Waals surface area contributed by atoms with Crippen molar-refractivity contribution >= 4 is 43.4 Å². The summed E-state index contributed by atoms with van der Waals surface area (Å²) in [6, 6.07) is 0. The Kier molecular flexibility index (Phi) is 3.15. The first-order valence-electron chi connectivity index (χ1n) is 7.37. The Hall–Kier alpha value is -1.30. The summed E-state index contributed by atoms with van der Waals surface area (Å²) < 4.78 is 6.92. The fourth-order valence-electron chi connectivity index (χ4n) is 3.14. The van der Waals surface area contributed by atoms with Gasteiger partial charge in [-0.05, 0) is 25.8 Å². The summed E-state index contributed by atoms with van der Waals surface area (Å²) in [6.45, 7) is 7.01. The second kappa shape index (κ2) is 4.85. The number of fused-ring (bicyclic) bond motifs is 5. The number of aryl methyl sites for hydroxylation is 1. The highest BCUT2D eigenvalue weighted by Gasteiger charge is 2.31. The van der Waals surface area contributed by atoms with Gasteiger partial charge >= 0.3 is 0 Å². The number of pyridine rings is 1. The molecule has 0 aromatic carbocycles. The van der Waals surface area contributed by atoms with Crippen molar-refractivity contribution < 1.29 is 4.74 Å². The molecule has 0 saturated carbocycles. The van der Waals surface area contributed by atoms with E-state index in [0.29, 0.717) is 11.8 Å². The maximum absolute atomic E-state index is 6.25. The van der Waals surface area contributed by atoms with Gasteiger partial charge in [-0.3, -0.25) is 0 Å². The molecule has 114 valence electrons. The zero-order chi connectivity index (χ0) is 15.5. The molecule has 0 saturated heterocycles. The molecule has 22 heavy (non-hydrogen) atoms. The number of rotatable bonds is 1. The van der Waals surface area contributed by atoms with E-state index in [9.17, 15) is 0 Å². The monoisotopic (exact) mass is 333 g/mol. The normalized spacial score (nSPS) is 17.1. The molecule has 0 aliphatic carbocycles. The minimum atomic E-state index is -0.169. The molecule has 4 rings (SSSR count). The quantitative estimate of drug-likeness (QED) is 0.623. The van der Waals surface area contributed by atoms with Crippen LogP contribution in [0.2, 0.25) is 5.15 Å². The molecule has 4 heterocycles. The number of ether oxygens (including phenoxy) is 1. The van der Waals surface area contributed by atoms with Crippen LogP contribution >= 0.6 is 22.9 Å². The Labute approximate surface area is 137 Å². The van der Waals surface area contributed by atoms with E-state index in [4.69, 9.17) is 21.3 Å². The third-order valence-electron chi connectivity index (χ3n) is 4.21. The van der Waals surface area contributed by atoms with Crippen molar-refractivity contribution in [1.29, 1.82) is 0 Å². The van der Waals surface area contributed by atoms with Gasteiger partial charge in [-0.25, -0.2) is 15.0 Å². The van der Waals surface area contributed by atoms with Crippen LogP contribution in [0.1, 0.15) is 37.6 Å². The third kappa shape index (κ3) is 2.03. The molecule has 0 atom stereocenters. The second-order valence-electron chi connectivity index (χ2n) is 6.22. The Morgan fingerprint density at radius 2 is 2.14 bits per heavy atom. The molecule has 0 unspecified atom stereocenters. The van der Waals surface area contributed by atoms with E-state index in [-0.39, 0.29) is 5.60 Å². The number of aromatic nitrogens is 3. The van der Waals surface area contributed by atoms with E-state index in [1.165, 1.54) is 17.5 Å². The van der Waals surface area contributed by atoms with Gasteiger partial charge in [-0.2, -0.15) is 0 Å². The number of nitrogens with zero attached hydrogens (tertiary/aromatic N) is 3. The predicted octanol–water partition coefficient (Wildman–Crippen LogP) is 4.31. The summed E-state index contributed by atoms with van der Waals surface area (Å²) in [4.78, 5) is 14.4. The molecular formula is C16H16ClN3OS. The second-order valence-corrected chi connectivity index (χ2v) is 7.58. The zero-order valence-electron chi connectivity index (χ0n) is 12.7. The zero-order valence-corrected chi connectivity index (χ0v) is 14.3. The molecule has 3 aromatic rings. The highest BCUT2D eigenvalue weighted by atomic mass is 35.5. The molecule has 0 amide bonds. The fraction of sp³-hybridized carbons (Fsp3) is 0.438. The van der Waals surface area contributed by atoms with E-state index >= 15 is 0 Å². The van der Waals surface area contributed by atoms with Gasteiger partial charge in [0.05, 0.1) is 22.4 Å². The molecule has 0 fully saturated rings. The molecule has 3 aromatic heterocycles. The average Bonchev–Trinajstić information content (AvgIpc) is 2.85. The van der Waals surface area contributed by atoms with Gasteiger partial charge in [0, 0.05) is 23.1 Å². The minimum absolute atomic E-state index is 0.169. The van der Waals surface area contributed by atoms with Crippen LogP contribution < -0.4 is 0 Å². The third-order valence-corrected chi connectivity index (χ3v) is 5.68. The number of thiophene rings is 1. The smallest absolute Gasteiger partial charge is 0.150 e.